The fourth-order valence-electron chi connectivity index (χ4n) is 2.48. The maximum absolute atomic E-state index is 13.7. The molecule has 7 heteroatoms. The van der Waals surface area contributed by atoms with E-state index < -0.39 is 5.97 Å². The first kappa shape index (κ1) is 14.8. The Balaban J connectivity index is 2.12. The van der Waals surface area contributed by atoms with Crippen LogP contribution in [0.25, 0.3) is 11.0 Å². The molecule has 0 aliphatic heterocycles. The van der Waals surface area contributed by atoms with Crippen LogP contribution in [0.15, 0.2) is 21.8 Å². The topological polar surface area (TPSA) is 55.1 Å². The molecule has 1 aliphatic carbocycles. The van der Waals surface area contributed by atoms with E-state index in [0.717, 1.165) is 11.9 Å². The summed E-state index contributed by atoms with van der Waals surface area (Å²) < 4.78 is 16.1. The normalized spacial score (nSPS) is 19.9. The number of carbonyl (C=O) groups is 1. The lowest BCUT2D eigenvalue weighted by atomic mass is 10.2. The Morgan fingerprint density at radius 3 is 2.86 bits per heavy atom. The van der Waals surface area contributed by atoms with Gasteiger partial charge in [0.2, 0.25) is 0 Å². The number of halogens is 2. The number of hydrogen-bond acceptors (Lipinski definition) is 3. The van der Waals surface area contributed by atoms with Crippen molar-refractivity contribution in [2.24, 2.45) is 5.41 Å². The third-order valence-electron chi connectivity index (χ3n) is 3.80. The predicted octanol–water partition coefficient (Wildman–Crippen LogP) is 4.09. The van der Waals surface area contributed by atoms with E-state index in [9.17, 15) is 9.18 Å². The molecular formula is C14H14BrFN2O2S. The van der Waals surface area contributed by atoms with Crippen LogP contribution in [-0.4, -0.2) is 26.4 Å². The summed E-state index contributed by atoms with van der Waals surface area (Å²) in [6.07, 6.45) is 1.01. The van der Waals surface area contributed by atoms with Gasteiger partial charge in [0.1, 0.15) is 5.82 Å². The maximum atomic E-state index is 13.7. The van der Waals surface area contributed by atoms with Crippen molar-refractivity contribution in [2.75, 3.05) is 5.75 Å². The van der Waals surface area contributed by atoms with Crippen molar-refractivity contribution in [1.29, 1.82) is 0 Å². The molecule has 1 aliphatic rings. The van der Waals surface area contributed by atoms with E-state index in [2.05, 4.69) is 34.8 Å². The van der Waals surface area contributed by atoms with Crippen molar-refractivity contribution in [3.63, 3.8) is 0 Å². The number of aliphatic carboxylic acids is 1. The first-order valence-electron chi connectivity index (χ1n) is 6.51. The van der Waals surface area contributed by atoms with Crippen LogP contribution in [0.5, 0.6) is 0 Å². The van der Waals surface area contributed by atoms with Crippen LogP contribution < -0.4 is 0 Å². The standard InChI is InChI=1S/C14H14BrFN2O2S/c1-14(2)5-11(14)18-10-3-7(15)8(16)4-9(10)17-13(18)21-6-12(19)20/h3-4,11H,5-6H2,1-2H3,(H,19,20). The highest BCUT2D eigenvalue weighted by Gasteiger charge is 2.48. The van der Waals surface area contributed by atoms with Crippen LogP contribution in [0.1, 0.15) is 26.3 Å². The van der Waals surface area contributed by atoms with Crippen molar-refractivity contribution in [3.8, 4) is 0 Å². The molecule has 1 atom stereocenters. The van der Waals surface area contributed by atoms with Crippen LogP contribution in [0.3, 0.4) is 0 Å². The van der Waals surface area contributed by atoms with Crippen molar-refractivity contribution in [2.45, 2.75) is 31.5 Å². The number of aromatic nitrogens is 2. The van der Waals surface area contributed by atoms with Gasteiger partial charge >= 0.3 is 5.97 Å². The van der Waals surface area contributed by atoms with Gasteiger partial charge in [-0.15, -0.1) is 0 Å². The maximum Gasteiger partial charge on any atom is 0.313 e. The number of hydrogen-bond donors (Lipinski definition) is 1. The number of carboxylic acids is 1. The first-order chi connectivity index (χ1) is 9.79. The summed E-state index contributed by atoms with van der Waals surface area (Å²) in [6, 6.07) is 3.38. The van der Waals surface area contributed by atoms with Gasteiger partial charge in [0.05, 0.1) is 21.3 Å². The number of thioether (sulfide) groups is 1. The van der Waals surface area contributed by atoms with Crippen molar-refractivity contribution < 1.29 is 14.3 Å². The molecule has 21 heavy (non-hydrogen) atoms. The molecule has 112 valence electrons. The molecule has 0 saturated heterocycles. The van der Waals surface area contributed by atoms with Crippen molar-refractivity contribution in [3.05, 3.63) is 22.4 Å². The molecule has 1 aromatic heterocycles. The lowest BCUT2D eigenvalue weighted by Crippen LogP contribution is -2.04. The largest absolute Gasteiger partial charge is 0.481 e. The van der Waals surface area contributed by atoms with E-state index in [1.807, 2.05) is 4.57 Å². The average molecular weight is 373 g/mol. The molecule has 0 bridgehead atoms. The minimum atomic E-state index is -0.888. The van der Waals surface area contributed by atoms with Crippen molar-refractivity contribution >= 4 is 44.7 Å². The summed E-state index contributed by atoms with van der Waals surface area (Å²) in [5, 5.41) is 9.50. The first-order valence-corrected chi connectivity index (χ1v) is 8.29. The number of fused-ring (bicyclic) bond motifs is 1. The van der Waals surface area contributed by atoms with E-state index in [1.54, 1.807) is 6.07 Å². The SMILES string of the molecule is CC1(C)CC1n1c(SCC(=O)O)nc2cc(F)c(Br)cc21. The zero-order chi connectivity index (χ0) is 15.4. The van der Waals surface area contributed by atoms with Crippen LogP contribution in [0, 0.1) is 11.2 Å². The second kappa shape index (κ2) is 4.98. The van der Waals surface area contributed by atoms with Crippen LogP contribution in [-0.2, 0) is 4.79 Å². The molecule has 0 spiro atoms. The third kappa shape index (κ3) is 2.68. The minimum absolute atomic E-state index is 0.0554. The predicted molar refractivity (Wildman–Crippen MR) is 83.2 cm³/mol. The lowest BCUT2D eigenvalue weighted by Gasteiger charge is -2.10. The Bertz CT molecular complexity index is 744. The van der Waals surface area contributed by atoms with E-state index >= 15 is 0 Å². The lowest BCUT2D eigenvalue weighted by molar-refractivity contribution is -0.133. The number of carboxylic acid groups (broad SMARTS) is 1. The van der Waals surface area contributed by atoms with Gasteiger partial charge in [-0.1, -0.05) is 25.6 Å². The number of nitrogens with zero attached hydrogens (tertiary/aromatic N) is 2. The van der Waals surface area contributed by atoms with Gasteiger partial charge in [-0.25, -0.2) is 9.37 Å². The summed E-state index contributed by atoms with van der Waals surface area (Å²) in [6.45, 7) is 4.32. The molecular weight excluding hydrogens is 359 g/mol. The second-order valence-electron chi connectivity index (χ2n) is 5.91. The van der Waals surface area contributed by atoms with Gasteiger partial charge in [0.15, 0.2) is 5.16 Å². The molecule has 1 heterocycles. The van der Waals surface area contributed by atoms with Crippen LogP contribution >= 0.6 is 27.7 Å². The van der Waals surface area contributed by atoms with E-state index in [4.69, 9.17) is 5.11 Å². The summed E-state index contributed by atoms with van der Waals surface area (Å²) in [5.41, 5.74) is 1.56. The molecule has 1 unspecified atom stereocenters. The quantitative estimate of drug-likeness (QED) is 0.821. The Morgan fingerprint density at radius 1 is 1.62 bits per heavy atom. The molecule has 1 aromatic carbocycles. The smallest absolute Gasteiger partial charge is 0.313 e. The second-order valence-corrected chi connectivity index (χ2v) is 7.71. The summed E-state index contributed by atoms with van der Waals surface area (Å²) in [7, 11) is 0. The van der Waals surface area contributed by atoms with E-state index in [-0.39, 0.29) is 23.0 Å². The number of rotatable bonds is 4. The monoisotopic (exact) mass is 372 g/mol. The Labute approximate surface area is 133 Å². The van der Waals surface area contributed by atoms with Crippen LogP contribution in [0.2, 0.25) is 0 Å². The molecule has 3 rings (SSSR count). The van der Waals surface area contributed by atoms with Gasteiger partial charge < -0.3 is 9.67 Å². The summed E-state index contributed by atoms with van der Waals surface area (Å²) >= 11 is 4.38. The molecule has 0 amide bonds. The Morgan fingerprint density at radius 2 is 2.29 bits per heavy atom. The zero-order valence-electron chi connectivity index (χ0n) is 11.6. The fourth-order valence-corrected chi connectivity index (χ4v) is 3.59. The highest BCUT2D eigenvalue weighted by atomic mass is 79.9. The molecule has 1 fully saturated rings. The van der Waals surface area contributed by atoms with E-state index in [0.29, 0.717) is 15.1 Å². The molecule has 2 aromatic rings. The highest BCUT2D eigenvalue weighted by Crippen LogP contribution is 2.57. The zero-order valence-corrected chi connectivity index (χ0v) is 14.0. The minimum Gasteiger partial charge on any atom is -0.481 e. The molecule has 1 N–H and O–H groups in total. The van der Waals surface area contributed by atoms with E-state index in [1.165, 1.54) is 17.8 Å². The fraction of sp³-hybridized carbons (Fsp3) is 0.429. The van der Waals surface area contributed by atoms with Crippen LogP contribution in [0.4, 0.5) is 4.39 Å². The van der Waals surface area contributed by atoms with Gasteiger partial charge in [-0.05, 0) is 33.8 Å². The highest BCUT2D eigenvalue weighted by molar-refractivity contribution is 9.10. The summed E-state index contributed by atoms with van der Waals surface area (Å²) in [4.78, 5) is 15.2. The van der Waals surface area contributed by atoms with Gasteiger partial charge in [0, 0.05) is 12.1 Å². The number of benzene rings is 1. The molecule has 0 radical (unpaired) electrons. The molecule has 1 saturated carbocycles. The Hall–Kier alpha value is -1.08. The molecule has 4 nitrogen and oxygen atoms in total. The summed E-state index contributed by atoms with van der Waals surface area (Å²) in [5.74, 6) is -1.31. The third-order valence-corrected chi connectivity index (χ3v) is 5.34. The van der Waals surface area contributed by atoms with Gasteiger partial charge in [0.25, 0.3) is 0 Å². The Kier molecular flexibility index (Phi) is 3.52. The van der Waals surface area contributed by atoms with Gasteiger partial charge in [-0.3, -0.25) is 4.79 Å². The average Bonchev–Trinajstić information content (AvgIpc) is 2.86. The number of imidazole rings is 1. The van der Waals surface area contributed by atoms with Gasteiger partial charge in [-0.2, -0.15) is 0 Å². The van der Waals surface area contributed by atoms with Crippen molar-refractivity contribution in [1.82, 2.24) is 9.55 Å².